The van der Waals surface area contributed by atoms with E-state index < -0.39 is 5.97 Å². The predicted octanol–water partition coefficient (Wildman–Crippen LogP) is 4.40. The first-order valence-corrected chi connectivity index (χ1v) is 10.4. The molecule has 1 aromatic heterocycles. The summed E-state index contributed by atoms with van der Waals surface area (Å²) in [5.74, 6) is 4.60. The summed E-state index contributed by atoms with van der Waals surface area (Å²) < 4.78 is 6.65. The molecule has 0 aliphatic carbocycles. The van der Waals surface area contributed by atoms with Crippen LogP contribution in [0.4, 0.5) is 0 Å². The Balaban J connectivity index is 1.87. The number of ether oxygens (including phenoxy) is 1. The Morgan fingerprint density at radius 3 is 2.38 bits per heavy atom. The molecule has 0 atom stereocenters. The summed E-state index contributed by atoms with van der Waals surface area (Å²) in [6.07, 6.45) is 0.665. The zero-order valence-corrected chi connectivity index (χ0v) is 18.6. The number of aromatic carboxylic acids is 1. The summed E-state index contributed by atoms with van der Waals surface area (Å²) in [5.41, 5.74) is 3.89. The Labute approximate surface area is 191 Å². The number of halogens is 1. The standard InChI is InChI=1S/C25H23ClN2O4/c1-17-5-7-19(8-6-17)16-28-23(21(27-25(28)26)4-3-15-32-2)22(29)14-11-18-9-12-20(13-10-18)24(30)31/h5-10,12-13H,11,14-16H2,1-2H3,(H,30,31). The zero-order chi connectivity index (χ0) is 23.1. The number of methoxy groups -OCH3 is 1. The smallest absolute Gasteiger partial charge is 0.335 e. The number of hydrogen-bond acceptors (Lipinski definition) is 4. The molecule has 0 saturated heterocycles. The van der Waals surface area contributed by atoms with Crippen molar-refractivity contribution >= 4 is 23.4 Å². The van der Waals surface area contributed by atoms with Crippen LogP contribution in [0.1, 0.15) is 49.7 Å². The molecular weight excluding hydrogens is 428 g/mol. The van der Waals surface area contributed by atoms with E-state index in [1.807, 2.05) is 31.2 Å². The van der Waals surface area contributed by atoms with E-state index in [1.54, 1.807) is 23.8 Å². The van der Waals surface area contributed by atoms with E-state index >= 15 is 0 Å². The number of nitrogens with zero attached hydrogens (tertiary/aromatic N) is 2. The number of carboxylic acids is 1. The Bertz CT molecular complexity index is 1170. The Kier molecular flexibility index (Phi) is 7.82. The van der Waals surface area contributed by atoms with Crippen molar-refractivity contribution < 1.29 is 19.4 Å². The number of carbonyl (C=O) groups is 2. The Hall–Kier alpha value is -3.40. The lowest BCUT2D eigenvalue weighted by Gasteiger charge is -2.10. The lowest BCUT2D eigenvalue weighted by Crippen LogP contribution is -2.13. The fraction of sp³-hybridized carbons (Fsp3) is 0.240. The molecule has 0 spiro atoms. The van der Waals surface area contributed by atoms with Crippen LogP contribution in [-0.4, -0.2) is 40.1 Å². The predicted molar refractivity (Wildman–Crippen MR) is 122 cm³/mol. The van der Waals surface area contributed by atoms with Crippen molar-refractivity contribution in [3.05, 3.63) is 87.5 Å². The quantitative estimate of drug-likeness (QED) is 0.406. The largest absolute Gasteiger partial charge is 0.478 e. The molecule has 2 aromatic carbocycles. The summed E-state index contributed by atoms with van der Waals surface area (Å²) in [6.45, 7) is 2.62. The van der Waals surface area contributed by atoms with Crippen LogP contribution < -0.4 is 0 Å². The number of hydrogen-bond donors (Lipinski definition) is 1. The molecule has 6 nitrogen and oxygen atoms in total. The van der Waals surface area contributed by atoms with Crippen LogP contribution in [0.5, 0.6) is 0 Å². The third kappa shape index (κ3) is 5.85. The van der Waals surface area contributed by atoms with Crippen LogP contribution in [0.2, 0.25) is 5.28 Å². The molecule has 32 heavy (non-hydrogen) atoms. The Morgan fingerprint density at radius 1 is 1.09 bits per heavy atom. The van der Waals surface area contributed by atoms with Crippen molar-refractivity contribution in [2.75, 3.05) is 13.7 Å². The van der Waals surface area contributed by atoms with Crippen LogP contribution in [0.3, 0.4) is 0 Å². The number of Topliss-reactive ketones (excluding diaryl/α,β-unsaturated/α-hetero) is 1. The fourth-order valence-electron chi connectivity index (χ4n) is 3.20. The molecule has 164 valence electrons. The molecule has 0 fully saturated rings. The number of rotatable bonds is 8. The first-order chi connectivity index (χ1) is 15.4. The molecule has 3 rings (SSSR count). The maximum Gasteiger partial charge on any atom is 0.335 e. The molecule has 7 heteroatoms. The first-order valence-electron chi connectivity index (χ1n) is 10.0. The molecule has 0 saturated carbocycles. The topological polar surface area (TPSA) is 81.4 Å². The first kappa shape index (κ1) is 23.3. The maximum absolute atomic E-state index is 13.2. The van der Waals surface area contributed by atoms with Crippen molar-refractivity contribution in [2.45, 2.75) is 26.3 Å². The van der Waals surface area contributed by atoms with E-state index in [0.29, 0.717) is 24.4 Å². The summed E-state index contributed by atoms with van der Waals surface area (Å²) in [5, 5.41) is 9.23. The molecule has 0 bridgehead atoms. The van der Waals surface area contributed by atoms with Crippen molar-refractivity contribution in [1.82, 2.24) is 9.55 Å². The number of imidazole rings is 1. The van der Waals surface area contributed by atoms with Gasteiger partial charge in [0, 0.05) is 13.5 Å². The van der Waals surface area contributed by atoms with Gasteiger partial charge in [-0.25, -0.2) is 9.78 Å². The molecule has 0 aliphatic heterocycles. The fourth-order valence-corrected chi connectivity index (χ4v) is 3.43. The Morgan fingerprint density at radius 2 is 1.75 bits per heavy atom. The highest BCUT2D eigenvalue weighted by molar-refractivity contribution is 6.29. The normalized spacial score (nSPS) is 10.5. The van der Waals surface area contributed by atoms with Crippen molar-refractivity contribution in [3.8, 4) is 11.8 Å². The minimum atomic E-state index is -0.985. The monoisotopic (exact) mass is 450 g/mol. The summed E-state index contributed by atoms with van der Waals surface area (Å²) in [7, 11) is 1.54. The van der Waals surface area contributed by atoms with Gasteiger partial charge in [-0.2, -0.15) is 0 Å². The van der Waals surface area contributed by atoms with E-state index in [-0.39, 0.29) is 29.7 Å². The van der Waals surface area contributed by atoms with Crippen molar-refractivity contribution in [2.24, 2.45) is 0 Å². The minimum absolute atomic E-state index is 0.138. The zero-order valence-electron chi connectivity index (χ0n) is 17.9. The molecule has 1 heterocycles. The average Bonchev–Trinajstić information content (AvgIpc) is 3.09. The van der Waals surface area contributed by atoms with Gasteiger partial charge in [-0.1, -0.05) is 47.9 Å². The maximum atomic E-state index is 13.2. The molecule has 0 aliphatic rings. The van der Waals surface area contributed by atoms with Crippen LogP contribution in [0.25, 0.3) is 0 Å². The van der Waals surface area contributed by atoms with Crippen LogP contribution in [0, 0.1) is 18.8 Å². The molecule has 0 radical (unpaired) electrons. The number of carboxylic acid groups (broad SMARTS) is 1. The highest BCUT2D eigenvalue weighted by Gasteiger charge is 2.21. The highest BCUT2D eigenvalue weighted by Crippen LogP contribution is 2.21. The third-order valence-electron chi connectivity index (χ3n) is 4.91. The number of ketones is 1. The van der Waals surface area contributed by atoms with Gasteiger partial charge in [-0.3, -0.25) is 4.79 Å². The van der Waals surface area contributed by atoms with E-state index in [9.17, 15) is 9.59 Å². The van der Waals surface area contributed by atoms with Crippen LogP contribution in [-0.2, 0) is 17.7 Å². The molecular formula is C25H23ClN2O4. The molecule has 1 N–H and O–H groups in total. The number of carbonyl (C=O) groups excluding carboxylic acids is 1. The van der Waals surface area contributed by atoms with E-state index in [0.717, 1.165) is 16.7 Å². The summed E-state index contributed by atoms with van der Waals surface area (Å²) >= 11 is 6.40. The highest BCUT2D eigenvalue weighted by atomic mass is 35.5. The minimum Gasteiger partial charge on any atom is -0.478 e. The number of benzene rings is 2. The lowest BCUT2D eigenvalue weighted by atomic mass is 10.0. The number of aryl methyl sites for hydroxylation is 2. The van der Waals surface area contributed by atoms with E-state index in [4.69, 9.17) is 21.4 Å². The molecule has 0 amide bonds. The molecule has 3 aromatic rings. The summed E-state index contributed by atoms with van der Waals surface area (Å²) in [4.78, 5) is 28.5. The van der Waals surface area contributed by atoms with Gasteiger partial charge in [-0.15, -0.1) is 0 Å². The van der Waals surface area contributed by atoms with Crippen LogP contribution in [0.15, 0.2) is 48.5 Å². The van der Waals surface area contributed by atoms with Gasteiger partial charge in [0.25, 0.3) is 0 Å². The second kappa shape index (κ2) is 10.8. The van der Waals surface area contributed by atoms with Gasteiger partial charge in [0.1, 0.15) is 18.0 Å². The van der Waals surface area contributed by atoms with Gasteiger partial charge in [0.2, 0.25) is 5.28 Å². The second-order valence-electron chi connectivity index (χ2n) is 7.31. The lowest BCUT2D eigenvalue weighted by molar-refractivity contribution is 0.0696. The third-order valence-corrected chi connectivity index (χ3v) is 5.20. The van der Waals surface area contributed by atoms with Gasteiger partial charge in [0.15, 0.2) is 5.78 Å². The van der Waals surface area contributed by atoms with Gasteiger partial charge >= 0.3 is 5.97 Å². The second-order valence-corrected chi connectivity index (χ2v) is 7.65. The van der Waals surface area contributed by atoms with E-state index in [1.165, 1.54) is 12.1 Å². The van der Waals surface area contributed by atoms with Crippen molar-refractivity contribution in [3.63, 3.8) is 0 Å². The van der Waals surface area contributed by atoms with Crippen LogP contribution >= 0.6 is 11.6 Å². The SMILES string of the molecule is COCC#Cc1nc(Cl)n(Cc2ccc(C)cc2)c1C(=O)CCc1ccc(C(=O)O)cc1. The van der Waals surface area contributed by atoms with Gasteiger partial charge in [0.05, 0.1) is 12.1 Å². The van der Waals surface area contributed by atoms with E-state index in [2.05, 4.69) is 16.8 Å². The summed E-state index contributed by atoms with van der Waals surface area (Å²) in [6, 6.07) is 14.5. The van der Waals surface area contributed by atoms with Crippen molar-refractivity contribution in [1.29, 1.82) is 0 Å². The van der Waals surface area contributed by atoms with Gasteiger partial charge in [-0.05, 0) is 54.1 Å². The molecule has 0 unspecified atom stereocenters. The average molecular weight is 451 g/mol. The number of aromatic nitrogens is 2. The van der Waals surface area contributed by atoms with Gasteiger partial charge < -0.3 is 14.4 Å².